The summed E-state index contributed by atoms with van der Waals surface area (Å²) in [5, 5.41) is 4.25. The first kappa shape index (κ1) is 13.5. The number of aromatic nitrogens is 2. The monoisotopic (exact) mass is 311 g/mol. The number of aryl methyl sites for hydroxylation is 2. The second-order valence-electron chi connectivity index (χ2n) is 5.67. The molecule has 0 saturated carbocycles. The summed E-state index contributed by atoms with van der Waals surface area (Å²) in [6.07, 6.45) is 5.07. The number of hydrogen-bond donors (Lipinski definition) is 1. The van der Waals surface area contributed by atoms with E-state index in [1.165, 1.54) is 4.88 Å². The number of pyridine rings is 1. The van der Waals surface area contributed by atoms with Crippen molar-refractivity contribution in [3.63, 3.8) is 0 Å². The number of nitrogens with zero attached hydrogens (tertiary/aromatic N) is 2. The summed E-state index contributed by atoms with van der Waals surface area (Å²) in [7, 11) is 0. The molecule has 0 spiro atoms. The lowest BCUT2D eigenvalue weighted by molar-refractivity contribution is 0.0926. The largest absolute Gasteiger partial charge is 0.342 e. The van der Waals surface area contributed by atoms with Crippen molar-refractivity contribution in [3.05, 3.63) is 57.8 Å². The third kappa shape index (κ3) is 2.22. The van der Waals surface area contributed by atoms with E-state index in [9.17, 15) is 4.79 Å². The van der Waals surface area contributed by atoms with Crippen molar-refractivity contribution < 1.29 is 4.79 Å². The third-order valence-electron chi connectivity index (χ3n) is 4.16. The summed E-state index contributed by atoms with van der Waals surface area (Å²) in [4.78, 5) is 18.6. The van der Waals surface area contributed by atoms with Gasteiger partial charge in [0.2, 0.25) is 0 Å². The number of hydrogen-bond acceptors (Lipinski definition) is 3. The molecule has 22 heavy (non-hydrogen) atoms. The molecule has 0 radical (unpaired) electrons. The van der Waals surface area contributed by atoms with Crippen LogP contribution in [0, 0.1) is 6.92 Å². The summed E-state index contributed by atoms with van der Waals surface area (Å²) < 4.78 is 1.92. The molecule has 112 valence electrons. The summed E-state index contributed by atoms with van der Waals surface area (Å²) in [5.41, 5.74) is 2.78. The maximum Gasteiger partial charge on any atom is 0.268 e. The van der Waals surface area contributed by atoms with Gasteiger partial charge in [0.25, 0.3) is 5.91 Å². The van der Waals surface area contributed by atoms with E-state index in [4.69, 9.17) is 0 Å². The molecule has 1 N–H and O–H groups in total. The Morgan fingerprint density at radius 3 is 3.18 bits per heavy atom. The topological polar surface area (TPSA) is 46.4 Å². The molecule has 4 rings (SSSR count). The van der Waals surface area contributed by atoms with Crippen molar-refractivity contribution in [2.45, 2.75) is 32.2 Å². The Balaban J connectivity index is 1.63. The van der Waals surface area contributed by atoms with Crippen molar-refractivity contribution in [2.24, 2.45) is 0 Å². The van der Waals surface area contributed by atoms with Crippen LogP contribution in [0.3, 0.4) is 0 Å². The molecular weight excluding hydrogens is 294 g/mol. The molecule has 5 heteroatoms. The van der Waals surface area contributed by atoms with Gasteiger partial charge in [-0.3, -0.25) is 4.79 Å². The van der Waals surface area contributed by atoms with Crippen LogP contribution in [0.15, 0.2) is 36.5 Å². The average molecular weight is 311 g/mol. The minimum Gasteiger partial charge on any atom is -0.342 e. The van der Waals surface area contributed by atoms with Gasteiger partial charge in [0, 0.05) is 16.6 Å². The highest BCUT2D eigenvalue weighted by atomic mass is 32.1. The zero-order chi connectivity index (χ0) is 15.1. The van der Waals surface area contributed by atoms with Crippen molar-refractivity contribution in [1.82, 2.24) is 14.7 Å². The minimum atomic E-state index is -0.0327. The molecule has 1 atom stereocenters. The molecule has 0 saturated heterocycles. The van der Waals surface area contributed by atoms with Crippen molar-refractivity contribution in [3.8, 4) is 0 Å². The fourth-order valence-electron chi connectivity index (χ4n) is 3.15. The Labute approximate surface area is 132 Å². The van der Waals surface area contributed by atoms with Crippen LogP contribution in [-0.2, 0) is 6.42 Å². The number of carbonyl (C=O) groups excluding carboxylic acids is 1. The van der Waals surface area contributed by atoms with Gasteiger partial charge in [0.15, 0.2) is 0 Å². The quantitative estimate of drug-likeness (QED) is 0.787. The Bertz CT molecular complexity index is 849. The molecule has 0 aliphatic heterocycles. The van der Waals surface area contributed by atoms with Gasteiger partial charge in [-0.2, -0.15) is 0 Å². The van der Waals surface area contributed by atoms with Gasteiger partial charge in [-0.05, 0) is 50.5 Å². The van der Waals surface area contributed by atoms with Crippen molar-refractivity contribution in [2.75, 3.05) is 0 Å². The Morgan fingerprint density at radius 2 is 2.27 bits per heavy atom. The average Bonchev–Trinajstić information content (AvgIpc) is 3.10. The zero-order valence-electron chi connectivity index (χ0n) is 12.4. The predicted octanol–water partition coefficient (Wildman–Crippen LogP) is 3.51. The number of rotatable bonds is 2. The van der Waals surface area contributed by atoms with E-state index in [-0.39, 0.29) is 11.9 Å². The molecule has 1 unspecified atom stereocenters. The Hall–Kier alpha value is -2.14. The molecule has 3 heterocycles. The van der Waals surface area contributed by atoms with E-state index in [1.807, 2.05) is 47.9 Å². The third-order valence-corrected chi connectivity index (χ3v) is 5.21. The lowest BCUT2D eigenvalue weighted by atomic mass is 9.97. The number of fused-ring (bicyclic) bond motifs is 2. The second-order valence-corrected chi connectivity index (χ2v) is 6.96. The minimum absolute atomic E-state index is 0.0327. The number of thiazole rings is 1. The molecule has 0 aromatic carbocycles. The lowest BCUT2D eigenvalue weighted by Gasteiger charge is -2.22. The predicted molar refractivity (Wildman–Crippen MR) is 87.4 cm³/mol. The SMILES string of the molecule is Cc1nc2c(s1)CCCC2NC(=O)c1ccc2ccccn12. The molecule has 1 aliphatic carbocycles. The van der Waals surface area contributed by atoms with Crippen LogP contribution < -0.4 is 5.32 Å². The normalized spacial score (nSPS) is 17.4. The summed E-state index contributed by atoms with van der Waals surface area (Å²) in [5.74, 6) is -0.0327. The van der Waals surface area contributed by atoms with Gasteiger partial charge in [-0.1, -0.05) is 6.07 Å². The fraction of sp³-hybridized carbons (Fsp3) is 0.294. The first-order chi connectivity index (χ1) is 10.7. The van der Waals surface area contributed by atoms with E-state index in [2.05, 4.69) is 10.3 Å². The van der Waals surface area contributed by atoms with Crippen LogP contribution in [0.2, 0.25) is 0 Å². The van der Waals surface area contributed by atoms with Gasteiger partial charge >= 0.3 is 0 Å². The maximum atomic E-state index is 12.6. The first-order valence-electron chi connectivity index (χ1n) is 7.55. The van der Waals surface area contributed by atoms with Gasteiger partial charge < -0.3 is 9.72 Å². The first-order valence-corrected chi connectivity index (χ1v) is 8.37. The van der Waals surface area contributed by atoms with Gasteiger partial charge in [-0.25, -0.2) is 4.98 Å². The summed E-state index contributed by atoms with van der Waals surface area (Å²) in [6.45, 7) is 2.03. The Kier molecular flexibility index (Phi) is 3.22. The number of amides is 1. The van der Waals surface area contributed by atoms with Crippen LogP contribution in [-0.4, -0.2) is 15.3 Å². The maximum absolute atomic E-state index is 12.6. The summed E-state index contributed by atoms with van der Waals surface area (Å²) >= 11 is 1.75. The summed E-state index contributed by atoms with van der Waals surface area (Å²) in [6, 6.07) is 9.79. The van der Waals surface area contributed by atoms with Gasteiger partial charge in [0.05, 0.1) is 16.7 Å². The standard InChI is InChI=1S/C17H17N3OS/c1-11-18-16-13(6-4-7-15(16)22-11)19-17(21)14-9-8-12-5-2-3-10-20(12)14/h2-3,5,8-10,13H,4,6-7H2,1H3,(H,19,21). The molecule has 1 aliphatic rings. The van der Waals surface area contributed by atoms with E-state index < -0.39 is 0 Å². The number of carbonyl (C=O) groups is 1. The molecule has 0 bridgehead atoms. The van der Waals surface area contributed by atoms with Gasteiger partial charge in [0.1, 0.15) is 5.69 Å². The van der Waals surface area contributed by atoms with Crippen LogP contribution in [0.1, 0.15) is 45.0 Å². The van der Waals surface area contributed by atoms with Crippen molar-refractivity contribution >= 4 is 22.8 Å². The lowest BCUT2D eigenvalue weighted by Crippen LogP contribution is -2.31. The molecule has 3 aromatic heterocycles. The van der Waals surface area contributed by atoms with Crippen LogP contribution >= 0.6 is 11.3 Å². The molecule has 1 amide bonds. The highest BCUT2D eigenvalue weighted by Gasteiger charge is 2.26. The van der Waals surface area contributed by atoms with Crippen LogP contribution in [0.25, 0.3) is 5.52 Å². The molecule has 4 nitrogen and oxygen atoms in total. The van der Waals surface area contributed by atoms with Crippen LogP contribution in [0.5, 0.6) is 0 Å². The van der Waals surface area contributed by atoms with E-state index in [0.29, 0.717) is 5.69 Å². The smallest absolute Gasteiger partial charge is 0.268 e. The Morgan fingerprint density at radius 1 is 1.36 bits per heavy atom. The zero-order valence-corrected chi connectivity index (χ0v) is 13.2. The van der Waals surface area contributed by atoms with Crippen molar-refractivity contribution in [1.29, 1.82) is 0 Å². The fourth-order valence-corrected chi connectivity index (χ4v) is 4.19. The van der Waals surface area contributed by atoms with E-state index in [1.54, 1.807) is 11.3 Å². The second kappa shape index (κ2) is 5.25. The van der Waals surface area contributed by atoms with Gasteiger partial charge in [-0.15, -0.1) is 11.3 Å². The van der Waals surface area contributed by atoms with Crippen LogP contribution in [0.4, 0.5) is 0 Å². The molecule has 0 fully saturated rings. The molecular formula is C17H17N3OS. The van der Waals surface area contributed by atoms with E-state index >= 15 is 0 Å². The molecule has 3 aromatic rings. The number of nitrogens with one attached hydrogen (secondary N) is 1. The highest BCUT2D eigenvalue weighted by molar-refractivity contribution is 7.11. The van der Waals surface area contributed by atoms with E-state index in [0.717, 1.165) is 35.5 Å². The highest BCUT2D eigenvalue weighted by Crippen LogP contribution is 2.33.